The van der Waals surface area contributed by atoms with Crippen LogP contribution in [-0.2, 0) is 4.79 Å². The summed E-state index contributed by atoms with van der Waals surface area (Å²) in [6, 6.07) is 10.1. The van der Waals surface area contributed by atoms with Crippen molar-refractivity contribution in [2.75, 3.05) is 4.90 Å². The third kappa shape index (κ3) is 5.13. The van der Waals surface area contributed by atoms with Crippen LogP contribution in [0.1, 0.15) is 47.8 Å². The number of nitrogens with zero attached hydrogens (tertiary/aromatic N) is 2. The first-order valence-electron chi connectivity index (χ1n) is 10.3. The van der Waals surface area contributed by atoms with Crippen LogP contribution >= 0.6 is 34.7 Å². The molecule has 0 bridgehead atoms. The normalized spacial score (nSPS) is 14.8. The van der Waals surface area contributed by atoms with Gasteiger partial charge in [0.15, 0.2) is 5.69 Å². The van der Waals surface area contributed by atoms with Gasteiger partial charge in [-0.25, -0.2) is 4.39 Å². The molecule has 0 spiro atoms. The number of rotatable bonds is 6. The third-order valence-corrected chi connectivity index (χ3v) is 7.15. The summed E-state index contributed by atoms with van der Waals surface area (Å²) < 4.78 is 17.9. The molecule has 0 radical (unpaired) electrons. The van der Waals surface area contributed by atoms with Crippen molar-refractivity contribution in [3.63, 3.8) is 0 Å². The standard InChI is InChI=1S/C23H20Cl2FN3O3S/c24-18-19(28-33-21(18)25)23(32)29(16-9-7-14(26)8-10-16)20(13-5-11-17(30)12-6-13)22(31)27-15-3-1-2-4-15/h5-12,15,20,30H,1-4H2,(H,27,31)/t20-/m0/s1. The molecule has 0 aliphatic heterocycles. The fourth-order valence-corrected chi connectivity index (χ4v) is 4.90. The summed E-state index contributed by atoms with van der Waals surface area (Å²) in [5, 5.41) is 12.8. The van der Waals surface area contributed by atoms with E-state index < -0.39 is 23.7 Å². The predicted molar refractivity (Wildman–Crippen MR) is 127 cm³/mol. The van der Waals surface area contributed by atoms with Crippen molar-refractivity contribution in [3.05, 3.63) is 75.0 Å². The number of phenolic OH excluding ortho intramolecular Hbond substituents is 1. The van der Waals surface area contributed by atoms with Crippen molar-refractivity contribution in [2.24, 2.45) is 0 Å². The van der Waals surface area contributed by atoms with Gasteiger partial charge in [0, 0.05) is 11.7 Å². The zero-order valence-electron chi connectivity index (χ0n) is 17.3. The fourth-order valence-electron chi connectivity index (χ4n) is 3.92. The first kappa shape index (κ1) is 23.5. The van der Waals surface area contributed by atoms with E-state index in [-0.39, 0.29) is 32.5 Å². The number of halogens is 3. The van der Waals surface area contributed by atoms with E-state index in [1.54, 1.807) is 12.1 Å². The van der Waals surface area contributed by atoms with E-state index in [1.807, 2.05) is 0 Å². The number of benzene rings is 2. The molecule has 1 heterocycles. The zero-order chi connectivity index (χ0) is 23.5. The Kier molecular flexibility index (Phi) is 7.17. The SMILES string of the molecule is O=C(NC1CCCC1)[C@H](c1ccc(O)cc1)N(C(=O)c1nsc(Cl)c1Cl)c1ccc(F)cc1. The minimum Gasteiger partial charge on any atom is -0.508 e. The fraction of sp³-hybridized carbons (Fsp3) is 0.261. The molecule has 1 aliphatic carbocycles. The van der Waals surface area contributed by atoms with E-state index in [4.69, 9.17) is 23.2 Å². The van der Waals surface area contributed by atoms with E-state index in [0.717, 1.165) is 37.2 Å². The monoisotopic (exact) mass is 507 g/mol. The first-order chi connectivity index (χ1) is 15.8. The van der Waals surface area contributed by atoms with Crippen LogP contribution in [0, 0.1) is 5.82 Å². The molecule has 0 unspecified atom stereocenters. The number of phenols is 1. The molecule has 2 N–H and O–H groups in total. The van der Waals surface area contributed by atoms with Gasteiger partial charge in [-0.1, -0.05) is 48.2 Å². The quantitative estimate of drug-likeness (QED) is 0.445. The van der Waals surface area contributed by atoms with Gasteiger partial charge < -0.3 is 10.4 Å². The third-order valence-electron chi connectivity index (χ3n) is 5.54. The number of carbonyl (C=O) groups excluding carboxylic acids is 2. The van der Waals surface area contributed by atoms with E-state index in [2.05, 4.69) is 9.69 Å². The van der Waals surface area contributed by atoms with Crippen molar-refractivity contribution in [1.82, 2.24) is 9.69 Å². The number of anilines is 1. The molecule has 1 atom stereocenters. The molecule has 172 valence electrons. The lowest BCUT2D eigenvalue weighted by Crippen LogP contribution is -2.46. The van der Waals surface area contributed by atoms with Crippen LogP contribution in [0.5, 0.6) is 5.75 Å². The summed E-state index contributed by atoms with van der Waals surface area (Å²) in [5.41, 5.74) is 0.632. The predicted octanol–water partition coefficient (Wildman–Crippen LogP) is 5.74. The lowest BCUT2D eigenvalue weighted by molar-refractivity contribution is -0.123. The molecular weight excluding hydrogens is 488 g/mol. The summed E-state index contributed by atoms with van der Waals surface area (Å²) in [6.07, 6.45) is 3.74. The summed E-state index contributed by atoms with van der Waals surface area (Å²) >= 11 is 13.1. The molecule has 0 saturated heterocycles. The van der Waals surface area contributed by atoms with Gasteiger partial charge in [0.1, 0.15) is 27.0 Å². The van der Waals surface area contributed by atoms with Crippen molar-refractivity contribution in [2.45, 2.75) is 37.8 Å². The van der Waals surface area contributed by atoms with E-state index in [0.29, 0.717) is 5.56 Å². The molecule has 3 aromatic rings. The Hall–Kier alpha value is -2.68. The minimum atomic E-state index is -1.12. The second-order valence-electron chi connectivity index (χ2n) is 7.75. The van der Waals surface area contributed by atoms with Crippen LogP contribution in [0.2, 0.25) is 9.36 Å². The highest BCUT2D eigenvalue weighted by Gasteiger charge is 2.36. The van der Waals surface area contributed by atoms with Crippen LogP contribution in [0.4, 0.5) is 10.1 Å². The molecule has 2 aromatic carbocycles. The second-order valence-corrected chi connectivity index (χ2v) is 9.51. The summed E-state index contributed by atoms with van der Waals surface area (Å²) in [4.78, 5) is 28.5. The van der Waals surface area contributed by atoms with Crippen LogP contribution in [-0.4, -0.2) is 27.3 Å². The maximum absolute atomic E-state index is 13.7. The Balaban J connectivity index is 1.83. The van der Waals surface area contributed by atoms with Gasteiger partial charge in [0.25, 0.3) is 5.91 Å². The Bertz CT molecular complexity index is 1150. The van der Waals surface area contributed by atoms with E-state index in [9.17, 15) is 19.1 Å². The number of hydrogen-bond acceptors (Lipinski definition) is 5. The molecule has 4 rings (SSSR count). The molecule has 6 nitrogen and oxygen atoms in total. The molecule has 1 fully saturated rings. The number of amides is 2. The van der Waals surface area contributed by atoms with Gasteiger partial charge in [-0.3, -0.25) is 14.5 Å². The van der Waals surface area contributed by atoms with Gasteiger partial charge in [-0.15, -0.1) is 0 Å². The van der Waals surface area contributed by atoms with Crippen molar-refractivity contribution >= 4 is 52.2 Å². The number of hydrogen-bond donors (Lipinski definition) is 2. The average molecular weight is 508 g/mol. The van der Waals surface area contributed by atoms with Crippen LogP contribution in [0.3, 0.4) is 0 Å². The highest BCUT2D eigenvalue weighted by Crippen LogP contribution is 2.35. The number of aromatic nitrogens is 1. The zero-order valence-corrected chi connectivity index (χ0v) is 19.6. The van der Waals surface area contributed by atoms with Gasteiger partial charge in [-0.2, -0.15) is 4.37 Å². The lowest BCUT2D eigenvalue weighted by atomic mass is 10.0. The van der Waals surface area contributed by atoms with E-state index in [1.165, 1.54) is 41.3 Å². The largest absolute Gasteiger partial charge is 0.508 e. The second kappa shape index (κ2) is 10.1. The van der Waals surface area contributed by atoms with Crippen molar-refractivity contribution in [3.8, 4) is 5.75 Å². The maximum atomic E-state index is 13.7. The highest BCUT2D eigenvalue weighted by atomic mass is 35.5. The maximum Gasteiger partial charge on any atom is 0.280 e. The van der Waals surface area contributed by atoms with Crippen molar-refractivity contribution < 1.29 is 19.1 Å². The lowest BCUT2D eigenvalue weighted by Gasteiger charge is -2.32. The smallest absolute Gasteiger partial charge is 0.280 e. The Morgan fingerprint density at radius 1 is 1.09 bits per heavy atom. The Labute approximate surface area is 204 Å². The molecular formula is C23H20Cl2FN3O3S. The summed E-state index contributed by atoms with van der Waals surface area (Å²) in [5.74, 6) is -1.53. The van der Waals surface area contributed by atoms with Crippen LogP contribution in [0.25, 0.3) is 0 Å². The molecule has 1 saturated carbocycles. The van der Waals surface area contributed by atoms with Gasteiger partial charge >= 0.3 is 0 Å². The topological polar surface area (TPSA) is 82.5 Å². The van der Waals surface area contributed by atoms with Gasteiger partial charge in [0.05, 0.1) is 0 Å². The van der Waals surface area contributed by atoms with Crippen molar-refractivity contribution in [1.29, 1.82) is 0 Å². The average Bonchev–Trinajstić information content (AvgIpc) is 3.43. The van der Waals surface area contributed by atoms with Crippen LogP contribution in [0.15, 0.2) is 48.5 Å². The number of aromatic hydroxyl groups is 1. The highest BCUT2D eigenvalue weighted by molar-refractivity contribution is 7.11. The summed E-state index contributed by atoms with van der Waals surface area (Å²) in [6.45, 7) is 0. The summed E-state index contributed by atoms with van der Waals surface area (Å²) in [7, 11) is 0. The molecule has 2 amide bonds. The first-order valence-corrected chi connectivity index (χ1v) is 11.9. The van der Waals surface area contributed by atoms with Gasteiger partial charge in [0.2, 0.25) is 5.91 Å². The molecule has 1 aromatic heterocycles. The minimum absolute atomic E-state index is 0.000380. The Morgan fingerprint density at radius 2 is 1.73 bits per heavy atom. The van der Waals surface area contributed by atoms with Gasteiger partial charge in [-0.05, 0) is 66.3 Å². The van der Waals surface area contributed by atoms with Crippen LogP contribution < -0.4 is 10.2 Å². The molecule has 10 heteroatoms. The Morgan fingerprint density at radius 3 is 2.30 bits per heavy atom. The molecule has 1 aliphatic rings. The van der Waals surface area contributed by atoms with E-state index >= 15 is 0 Å². The number of carbonyl (C=O) groups is 2. The molecule has 33 heavy (non-hydrogen) atoms. The number of nitrogens with one attached hydrogen (secondary N) is 1.